The van der Waals surface area contributed by atoms with Crippen molar-refractivity contribution >= 4 is 41.2 Å². The van der Waals surface area contributed by atoms with Crippen LogP contribution in [0.3, 0.4) is 0 Å². The molecule has 0 aliphatic rings. The summed E-state index contributed by atoms with van der Waals surface area (Å²) in [7, 11) is 0. The SMILES string of the molecule is O=C(O)CSCCNC(=O)CSCC(=O)c1ccccc1. The molecule has 2 N–H and O–H groups in total. The van der Waals surface area contributed by atoms with Gasteiger partial charge in [-0.05, 0) is 0 Å². The number of amides is 1. The second-order valence-corrected chi connectivity index (χ2v) is 6.17. The van der Waals surface area contributed by atoms with Gasteiger partial charge in [-0.3, -0.25) is 14.4 Å². The van der Waals surface area contributed by atoms with E-state index in [4.69, 9.17) is 5.11 Å². The van der Waals surface area contributed by atoms with Crippen LogP contribution in [0.1, 0.15) is 10.4 Å². The van der Waals surface area contributed by atoms with Crippen LogP contribution in [0, 0.1) is 0 Å². The number of ketones is 1. The Labute approximate surface area is 131 Å². The maximum absolute atomic E-state index is 11.8. The summed E-state index contributed by atoms with van der Waals surface area (Å²) in [4.78, 5) is 33.5. The third-order valence-electron chi connectivity index (χ3n) is 2.36. The van der Waals surface area contributed by atoms with Crippen LogP contribution in [-0.4, -0.2) is 52.3 Å². The quantitative estimate of drug-likeness (QED) is 0.501. The van der Waals surface area contributed by atoms with E-state index in [0.29, 0.717) is 17.9 Å². The molecule has 0 saturated heterocycles. The molecule has 0 spiro atoms. The Morgan fingerprint density at radius 3 is 2.38 bits per heavy atom. The van der Waals surface area contributed by atoms with Crippen molar-refractivity contribution in [2.24, 2.45) is 0 Å². The van der Waals surface area contributed by atoms with Crippen molar-refractivity contribution in [2.45, 2.75) is 0 Å². The first-order valence-corrected chi connectivity index (χ1v) is 8.62. The van der Waals surface area contributed by atoms with Crippen molar-refractivity contribution in [3.63, 3.8) is 0 Å². The molecule has 5 nitrogen and oxygen atoms in total. The van der Waals surface area contributed by atoms with Crippen molar-refractivity contribution in [2.75, 3.05) is 29.6 Å². The number of hydrogen-bond donors (Lipinski definition) is 2. The van der Waals surface area contributed by atoms with Crippen LogP contribution in [0.2, 0.25) is 0 Å². The van der Waals surface area contributed by atoms with Gasteiger partial charge in [0.1, 0.15) is 0 Å². The molecule has 0 aliphatic carbocycles. The van der Waals surface area contributed by atoms with Crippen molar-refractivity contribution in [3.8, 4) is 0 Å². The zero-order valence-corrected chi connectivity index (χ0v) is 13.0. The monoisotopic (exact) mass is 327 g/mol. The molecule has 1 rings (SSSR count). The number of nitrogens with one attached hydrogen (secondary N) is 1. The standard InChI is InChI=1S/C14H17NO4S2/c16-12(11-4-2-1-3-5-11)8-21-9-13(17)15-6-7-20-10-14(18)19/h1-5H,6-10H2,(H,15,17)(H,18,19). The van der Waals surface area contributed by atoms with E-state index in [0.717, 1.165) is 0 Å². The third-order valence-corrected chi connectivity index (χ3v) is 4.23. The van der Waals surface area contributed by atoms with Gasteiger partial charge in [-0.15, -0.1) is 23.5 Å². The van der Waals surface area contributed by atoms with Gasteiger partial charge in [0.2, 0.25) is 5.91 Å². The summed E-state index contributed by atoms with van der Waals surface area (Å²) < 4.78 is 0. The van der Waals surface area contributed by atoms with Crippen LogP contribution in [-0.2, 0) is 9.59 Å². The second kappa shape index (κ2) is 10.3. The molecule has 0 radical (unpaired) electrons. The van der Waals surface area contributed by atoms with Crippen molar-refractivity contribution in [1.29, 1.82) is 0 Å². The maximum atomic E-state index is 11.8. The molecule has 0 unspecified atom stereocenters. The van der Waals surface area contributed by atoms with Gasteiger partial charge in [-0.25, -0.2) is 0 Å². The van der Waals surface area contributed by atoms with Gasteiger partial charge >= 0.3 is 5.97 Å². The molecule has 0 fully saturated rings. The fourth-order valence-corrected chi connectivity index (χ4v) is 2.72. The highest BCUT2D eigenvalue weighted by molar-refractivity contribution is 8.00. The predicted octanol–water partition coefficient (Wildman–Crippen LogP) is 1.54. The molecule has 0 saturated carbocycles. The van der Waals surface area contributed by atoms with Gasteiger partial charge in [-0.2, -0.15) is 0 Å². The summed E-state index contributed by atoms with van der Waals surface area (Å²) in [6, 6.07) is 8.96. The Kier molecular flexibility index (Phi) is 8.61. The summed E-state index contributed by atoms with van der Waals surface area (Å²) in [5, 5.41) is 11.1. The van der Waals surface area contributed by atoms with E-state index in [1.54, 1.807) is 24.3 Å². The normalized spacial score (nSPS) is 10.1. The topological polar surface area (TPSA) is 83.5 Å². The molecule has 0 bridgehead atoms. The lowest BCUT2D eigenvalue weighted by molar-refractivity contribution is -0.133. The average molecular weight is 327 g/mol. The molecule has 1 aromatic carbocycles. The molecule has 0 atom stereocenters. The number of carboxylic acid groups (broad SMARTS) is 1. The Hall–Kier alpha value is -1.47. The number of aliphatic carboxylic acids is 1. The van der Waals surface area contributed by atoms with Crippen LogP contribution < -0.4 is 5.32 Å². The summed E-state index contributed by atoms with van der Waals surface area (Å²) in [6.45, 7) is 0.434. The van der Waals surface area contributed by atoms with E-state index in [9.17, 15) is 14.4 Å². The predicted molar refractivity (Wildman–Crippen MR) is 86.1 cm³/mol. The highest BCUT2D eigenvalue weighted by atomic mass is 32.2. The first-order chi connectivity index (χ1) is 10.1. The van der Waals surface area contributed by atoms with E-state index in [-0.39, 0.29) is 28.9 Å². The molecular weight excluding hydrogens is 310 g/mol. The lowest BCUT2D eigenvalue weighted by atomic mass is 10.2. The Morgan fingerprint density at radius 2 is 1.71 bits per heavy atom. The molecule has 1 amide bonds. The van der Waals surface area contributed by atoms with Gasteiger partial charge < -0.3 is 10.4 Å². The van der Waals surface area contributed by atoms with E-state index >= 15 is 0 Å². The fourth-order valence-electron chi connectivity index (χ4n) is 1.42. The number of hydrogen-bond acceptors (Lipinski definition) is 5. The van der Waals surface area contributed by atoms with E-state index < -0.39 is 5.97 Å². The molecule has 0 aromatic heterocycles. The molecule has 0 heterocycles. The molecule has 21 heavy (non-hydrogen) atoms. The zero-order chi connectivity index (χ0) is 15.5. The minimum Gasteiger partial charge on any atom is -0.481 e. The Bertz CT molecular complexity index is 479. The van der Waals surface area contributed by atoms with Crippen molar-refractivity contribution < 1.29 is 19.5 Å². The highest BCUT2D eigenvalue weighted by Gasteiger charge is 2.07. The smallest absolute Gasteiger partial charge is 0.313 e. The lowest BCUT2D eigenvalue weighted by Gasteiger charge is -2.04. The lowest BCUT2D eigenvalue weighted by Crippen LogP contribution is -2.28. The van der Waals surface area contributed by atoms with E-state index in [1.165, 1.54) is 23.5 Å². The summed E-state index contributed by atoms with van der Waals surface area (Å²) >= 11 is 2.52. The zero-order valence-electron chi connectivity index (χ0n) is 11.4. The minimum absolute atomic E-state index is 0.00501. The fraction of sp³-hybridized carbons (Fsp3) is 0.357. The molecule has 114 valence electrons. The molecule has 1 aromatic rings. The van der Waals surface area contributed by atoms with Gasteiger partial charge in [-0.1, -0.05) is 30.3 Å². The van der Waals surface area contributed by atoms with Crippen LogP contribution in [0.15, 0.2) is 30.3 Å². The van der Waals surface area contributed by atoms with Gasteiger partial charge in [0.15, 0.2) is 5.78 Å². The third kappa shape index (κ3) is 8.41. The second-order valence-electron chi connectivity index (χ2n) is 4.08. The Morgan fingerprint density at radius 1 is 1.00 bits per heavy atom. The number of carboxylic acids is 1. The van der Waals surface area contributed by atoms with E-state index in [1.807, 2.05) is 6.07 Å². The number of carbonyl (C=O) groups excluding carboxylic acids is 2. The summed E-state index contributed by atoms with van der Waals surface area (Å²) in [5.74, 6) is 0.0957. The first-order valence-electron chi connectivity index (χ1n) is 6.32. The van der Waals surface area contributed by atoms with Crippen LogP contribution in [0.5, 0.6) is 0 Å². The first kappa shape index (κ1) is 17.6. The summed E-state index contributed by atoms with van der Waals surface area (Å²) in [5.41, 5.74) is 0.649. The minimum atomic E-state index is -0.860. The number of thioether (sulfide) groups is 2. The van der Waals surface area contributed by atoms with Crippen LogP contribution >= 0.6 is 23.5 Å². The molecule has 0 aliphatic heterocycles. The molecular formula is C14H17NO4S2. The average Bonchev–Trinajstić information content (AvgIpc) is 2.47. The molecule has 7 heteroatoms. The number of benzene rings is 1. The van der Waals surface area contributed by atoms with Gasteiger partial charge in [0, 0.05) is 17.9 Å². The van der Waals surface area contributed by atoms with E-state index in [2.05, 4.69) is 5.32 Å². The summed E-state index contributed by atoms with van der Waals surface area (Å²) in [6.07, 6.45) is 0. The largest absolute Gasteiger partial charge is 0.481 e. The van der Waals surface area contributed by atoms with Crippen molar-refractivity contribution in [1.82, 2.24) is 5.32 Å². The Balaban J connectivity index is 2.08. The van der Waals surface area contributed by atoms with Crippen LogP contribution in [0.25, 0.3) is 0 Å². The van der Waals surface area contributed by atoms with Crippen LogP contribution in [0.4, 0.5) is 0 Å². The number of rotatable bonds is 10. The number of Topliss-reactive ketones (excluding diaryl/α,β-unsaturated/α-hetero) is 1. The number of carbonyl (C=O) groups is 3. The van der Waals surface area contributed by atoms with Gasteiger partial charge in [0.05, 0.1) is 17.3 Å². The van der Waals surface area contributed by atoms with Crippen molar-refractivity contribution in [3.05, 3.63) is 35.9 Å². The highest BCUT2D eigenvalue weighted by Crippen LogP contribution is 2.07. The maximum Gasteiger partial charge on any atom is 0.313 e. The van der Waals surface area contributed by atoms with Gasteiger partial charge in [0.25, 0.3) is 0 Å².